The molecule has 1 amide bonds. The average molecular weight is 397 g/mol. The Bertz CT molecular complexity index is 929. The number of carbonyl (C=O) groups excluding carboxylic acids is 1. The van der Waals surface area contributed by atoms with Gasteiger partial charge in [0.05, 0.1) is 10.8 Å². The van der Waals surface area contributed by atoms with Gasteiger partial charge in [-0.1, -0.05) is 35.9 Å². The first-order valence-corrected chi connectivity index (χ1v) is 9.77. The van der Waals surface area contributed by atoms with Crippen molar-refractivity contribution in [3.05, 3.63) is 58.1 Å². The predicted molar refractivity (Wildman–Crippen MR) is 96.9 cm³/mol. The quantitative estimate of drug-likeness (QED) is 0.779. The molecule has 2 aromatic rings. The van der Waals surface area contributed by atoms with Crippen LogP contribution >= 0.6 is 11.6 Å². The third-order valence-electron chi connectivity index (χ3n) is 3.83. The largest absolute Gasteiger partial charge is 0.454 e. The van der Waals surface area contributed by atoms with Crippen molar-refractivity contribution in [1.29, 1.82) is 0 Å². The first-order chi connectivity index (χ1) is 12.4. The Morgan fingerprint density at radius 3 is 2.54 bits per heavy atom. The number of ether oxygens (including phenoxy) is 2. The average Bonchev–Trinajstić information content (AvgIpc) is 3.10. The van der Waals surface area contributed by atoms with Gasteiger partial charge in [0.25, 0.3) is 5.91 Å². The van der Waals surface area contributed by atoms with Crippen molar-refractivity contribution in [2.45, 2.75) is 12.3 Å². The molecule has 0 aromatic heterocycles. The highest BCUT2D eigenvalue weighted by Crippen LogP contribution is 2.39. The van der Waals surface area contributed by atoms with Crippen molar-refractivity contribution in [2.24, 2.45) is 0 Å². The third kappa shape index (κ3) is 4.27. The first kappa shape index (κ1) is 18.5. The maximum atomic E-state index is 12.3. The van der Waals surface area contributed by atoms with Crippen LogP contribution in [0.5, 0.6) is 11.5 Å². The summed E-state index contributed by atoms with van der Waals surface area (Å²) in [5.41, 5.74) is 1.88. The van der Waals surface area contributed by atoms with Crippen LogP contribution in [0.1, 0.15) is 21.5 Å². The molecule has 26 heavy (non-hydrogen) atoms. The third-order valence-corrected chi connectivity index (χ3v) is 5.45. The summed E-state index contributed by atoms with van der Waals surface area (Å²) >= 11 is 6.08. The lowest BCUT2D eigenvalue weighted by atomic mass is 10.1. The standard InChI is InChI=1S/C17H17ClN2O5S/c1-19-26(22,23)9-12-4-2-11(3-5-12)8-20-17(21)13-6-14(18)16-15(7-13)24-10-25-16/h2-7,19H,8-10H2,1H3,(H,20,21). The molecule has 0 spiro atoms. The van der Waals surface area contributed by atoms with E-state index < -0.39 is 10.0 Å². The van der Waals surface area contributed by atoms with E-state index in [1.54, 1.807) is 30.3 Å². The van der Waals surface area contributed by atoms with Gasteiger partial charge >= 0.3 is 0 Å². The zero-order chi connectivity index (χ0) is 18.7. The fraction of sp³-hybridized carbons (Fsp3) is 0.235. The van der Waals surface area contributed by atoms with Crippen molar-refractivity contribution < 1.29 is 22.7 Å². The van der Waals surface area contributed by atoms with E-state index in [2.05, 4.69) is 10.0 Å². The Labute approximate surface area is 156 Å². The molecule has 0 fully saturated rings. The van der Waals surface area contributed by atoms with Gasteiger partial charge in [-0.3, -0.25) is 4.79 Å². The number of halogens is 1. The molecule has 7 nitrogen and oxygen atoms in total. The smallest absolute Gasteiger partial charge is 0.251 e. The van der Waals surface area contributed by atoms with Gasteiger partial charge in [-0.2, -0.15) is 0 Å². The van der Waals surface area contributed by atoms with Crippen LogP contribution in [0, 0.1) is 0 Å². The SMILES string of the molecule is CNS(=O)(=O)Cc1ccc(CNC(=O)c2cc(Cl)c3c(c2)OCO3)cc1. The van der Waals surface area contributed by atoms with Gasteiger partial charge < -0.3 is 14.8 Å². The van der Waals surface area contributed by atoms with Crippen molar-refractivity contribution in [2.75, 3.05) is 13.8 Å². The monoisotopic (exact) mass is 396 g/mol. The van der Waals surface area contributed by atoms with E-state index in [0.29, 0.717) is 34.2 Å². The molecule has 0 saturated carbocycles. The van der Waals surface area contributed by atoms with Crippen molar-refractivity contribution in [3.63, 3.8) is 0 Å². The Hall–Kier alpha value is -2.29. The highest BCUT2D eigenvalue weighted by molar-refractivity contribution is 7.88. The van der Waals surface area contributed by atoms with Gasteiger partial charge in [0, 0.05) is 12.1 Å². The summed E-state index contributed by atoms with van der Waals surface area (Å²) in [5.74, 6) is 0.492. The lowest BCUT2D eigenvalue weighted by molar-refractivity contribution is 0.0950. The minimum absolute atomic E-state index is 0.0791. The van der Waals surface area contributed by atoms with Gasteiger partial charge in [-0.15, -0.1) is 0 Å². The van der Waals surface area contributed by atoms with Gasteiger partial charge in [0.2, 0.25) is 16.8 Å². The van der Waals surface area contributed by atoms with Gasteiger partial charge in [0.15, 0.2) is 11.5 Å². The Morgan fingerprint density at radius 1 is 1.15 bits per heavy atom. The van der Waals surface area contributed by atoms with Crippen molar-refractivity contribution >= 4 is 27.5 Å². The predicted octanol–water partition coefficient (Wildman–Crippen LogP) is 2.05. The molecule has 1 aliphatic heterocycles. The molecule has 1 aliphatic rings. The van der Waals surface area contributed by atoms with E-state index >= 15 is 0 Å². The van der Waals surface area contributed by atoms with E-state index in [-0.39, 0.29) is 18.5 Å². The molecule has 0 unspecified atom stereocenters. The van der Waals surface area contributed by atoms with Gasteiger partial charge in [-0.25, -0.2) is 13.1 Å². The zero-order valence-electron chi connectivity index (χ0n) is 13.9. The maximum absolute atomic E-state index is 12.3. The van der Waals surface area contributed by atoms with Crippen molar-refractivity contribution in [3.8, 4) is 11.5 Å². The molecule has 138 valence electrons. The van der Waals surface area contributed by atoms with E-state index in [0.717, 1.165) is 5.56 Å². The van der Waals surface area contributed by atoms with Gasteiger partial charge in [0.1, 0.15) is 0 Å². The van der Waals surface area contributed by atoms with Crippen LogP contribution in [0.4, 0.5) is 0 Å². The topological polar surface area (TPSA) is 93.7 Å². The van der Waals surface area contributed by atoms with Crippen LogP contribution in [0.25, 0.3) is 0 Å². The van der Waals surface area contributed by atoms with E-state index in [1.807, 2.05) is 0 Å². The number of nitrogens with one attached hydrogen (secondary N) is 2. The highest BCUT2D eigenvalue weighted by atomic mass is 35.5. The molecule has 3 rings (SSSR count). The maximum Gasteiger partial charge on any atom is 0.251 e. The van der Waals surface area contributed by atoms with Crippen molar-refractivity contribution in [1.82, 2.24) is 10.0 Å². The number of hydrogen-bond donors (Lipinski definition) is 2. The number of amides is 1. The lowest BCUT2D eigenvalue weighted by Gasteiger charge is -2.08. The summed E-state index contributed by atoms with van der Waals surface area (Å²) in [6, 6.07) is 10.1. The number of fused-ring (bicyclic) bond motifs is 1. The Kier molecular flexibility index (Phi) is 5.36. The molecular weight excluding hydrogens is 380 g/mol. The second-order valence-corrected chi connectivity index (χ2v) is 7.99. The molecule has 2 N–H and O–H groups in total. The summed E-state index contributed by atoms with van der Waals surface area (Å²) in [6.07, 6.45) is 0. The number of hydrogen-bond acceptors (Lipinski definition) is 5. The fourth-order valence-corrected chi connectivity index (χ4v) is 3.47. The number of sulfonamides is 1. The molecule has 0 bridgehead atoms. The first-order valence-electron chi connectivity index (χ1n) is 7.74. The minimum Gasteiger partial charge on any atom is -0.454 e. The van der Waals surface area contributed by atoms with Crippen LogP contribution in [0.3, 0.4) is 0 Å². The van der Waals surface area contributed by atoms with Crippen LogP contribution in [-0.4, -0.2) is 28.2 Å². The van der Waals surface area contributed by atoms with Gasteiger partial charge in [-0.05, 0) is 30.3 Å². The number of carbonyl (C=O) groups is 1. The summed E-state index contributed by atoms with van der Waals surface area (Å²) in [7, 11) is -1.93. The molecule has 9 heteroatoms. The number of rotatable bonds is 6. The number of benzene rings is 2. The fourth-order valence-electron chi connectivity index (χ4n) is 2.43. The Balaban J connectivity index is 1.62. The van der Waals surface area contributed by atoms with Crippen LogP contribution in [-0.2, 0) is 22.3 Å². The molecular formula is C17H17ClN2O5S. The normalized spacial score (nSPS) is 12.8. The van der Waals surface area contributed by atoms with Crippen LogP contribution in [0.2, 0.25) is 5.02 Å². The summed E-state index contributed by atoms with van der Waals surface area (Å²) < 4.78 is 35.8. The molecule has 2 aromatic carbocycles. The van der Waals surface area contributed by atoms with E-state index in [1.165, 1.54) is 13.1 Å². The molecule has 0 radical (unpaired) electrons. The van der Waals surface area contributed by atoms with E-state index in [4.69, 9.17) is 21.1 Å². The van der Waals surface area contributed by atoms with Crippen LogP contribution in [0.15, 0.2) is 36.4 Å². The highest BCUT2D eigenvalue weighted by Gasteiger charge is 2.20. The second kappa shape index (κ2) is 7.53. The molecule has 1 heterocycles. The molecule has 0 aliphatic carbocycles. The zero-order valence-corrected chi connectivity index (χ0v) is 15.5. The summed E-state index contributed by atoms with van der Waals surface area (Å²) in [4.78, 5) is 12.3. The minimum atomic E-state index is -3.31. The molecule has 0 saturated heterocycles. The van der Waals surface area contributed by atoms with Crippen LogP contribution < -0.4 is 19.5 Å². The second-order valence-electron chi connectivity index (χ2n) is 5.65. The summed E-state index contributed by atoms with van der Waals surface area (Å²) in [6.45, 7) is 0.375. The summed E-state index contributed by atoms with van der Waals surface area (Å²) in [5, 5.41) is 3.11. The Morgan fingerprint density at radius 2 is 1.85 bits per heavy atom. The molecule has 0 atom stereocenters. The van der Waals surface area contributed by atoms with E-state index in [9.17, 15) is 13.2 Å². The lowest BCUT2D eigenvalue weighted by Crippen LogP contribution is -2.23.